The zero-order valence-electron chi connectivity index (χ0n) is 21.6. The molecule has 0 amide bonds. The molecule has 1 fully saturated rings. The number of hydrogen-bond donors (Lipinski definition) is 0. The monoisotopic (exact) mass is 500 g/mol. The van der Waals surface area contributed by atoms with Crippen molar-refractivity contribution in [3.63, 3.8) is 0 Å². The van der Waals surface area contributed by atoms with E-state index in [2.05, 4.69) is 140 Å². The molecule has 3 atom stereocenters. The Labute approximate surface area is 229 Å². The molecule has 0 N–H and O–H groups in total. The number of rotatable bonds is 5. The average Bonchev–Trinajstić information content (AvgIpc) is 3.52. The predicted molar refractivity (Wildman–Crippen MR) is 160 cm³/mol. The minimum atomic E-state index is -0.247. The summed E-state index contributed by atoms with van der Waals surface area (Å²) in [5.41, 5.74) is 10.1. The number of Topliss-reactive ketones (excluding diaryl/α,β-unsaturated/α-hetero) is 1. The first kappa shape index (κ1) is 23.4. The van der Waals surface area contributed by atoms with Crippen LogP contribution in [0.1, 0.15) is 39.7 Å². The molecular weight excluding hydrogens is 472 g/mol. The van der Waals surface area contributed by atoms with Gasteiger partial charge >= 0.3 is 0 Å². The molecule has 0 heterocycles. The Morgan fingerprint density at radius 1 is 0.359 bits per heavy atom. The van der Waals surface area contributed by atoms with Crippen molar-refractivity contribution in [1.82, 2.24) is 0 Å². The Hall–Kier alpha value is -4.75. The average molecular weight is 501 g/mol. The normalized spacial score (nSPS) is 20.4. The number of hydrogen-bond acceptors (Lipinski definition) is 1. The second-order valence-electron chi connectivity index (χ2n) is 10.3. The predicted octanol–water partition coefficient (Wildman–Crippen LogP) is 8.83. The second-order valence-corrected chi connectivity index (χ2v) is 10.3. The van der Waals surface area contributed by atoms with E-state index in [1.807, 2.05) is 12.1 Å². The van der Waals surface area contributed by atoms with E-state index >= 15 is 0 Å². The molecule has 5 aromatic carbocycles. The van der Waals surface area contributed by atoms with Gasteiger partial charge in [-0.05, 0) is 44.5 Å². The summed E-state index contributed by atoms with van der Waals surface area (Å²) in [5.74, 6) is -0.0780. The molecule has 3 unspecified atom stereocenters. The highest BCUT2D eigenvalue weighted by Gasteiger charge is 2.54. The summed E-state index contributed by atoms with van der Waals surface area (Å²) in [5, 5.41) is 0. The lowest BCUT2D eigenvalue weighted by atomic mass is 9.75. The summed E-state index contributed by atoms with van der Waals surface area (Å²) >= 11 is 0. The van der Waals surface area contributed by atoms with Crippen molar-refractivity contribution in [3.05, 3.63) is 185 Å². The van der Waals surface area contributed by atoms with E-state index in [9.17, 15) is 4.79 Å². The lowest BCUT2D eigenvalue weighted by molar-refractivity contribution is -0.115. The van der Waals surface area contributed by atoms with Gasteiger partial charge in [0.1, 0.15) is 0 Å². The Kier molecular flexibility index (Phi) is 5.90. The fourth-order valence-corrected chi connectivity index (χ4v) is 6.71. The van der Waals surface area contributed by atoms with Crippen LogP contribution < -0.4 is 0 Å². The van der Waals surface area contributed by atoms with Crippen molar-refractivity contribution in [1.29, 1.82) is 0 Å². The Balaban J connectivity index is 1.59. The number of carbonyl (C=O) groups excluding carboxylic acids is 1. The van der Waals surface area contributed by atoms with Crippen LogP contribution in [0.15, 0.2) is 157 Å². The van der Waals surface area contributed by atoms with Crippen LogP contribution >= 0.6 is 0 Å². The zero-order valence-corrected chi connectivity index (χ0v) is 21.6. The van der Waals surface area contributed by atoms with Crippen molar-refractivity contribution in [3.8, 4) is 0 Å². The molecule has 39 heavy (non-hydrogen) atoms. The van der Waals surface area contributed by atoms with Crippen LogP contribution in [0, 0.1) is 5.92 Å². The third-order valence-corrected chi connectivity index (χ3v) is 8.23. The van der Waals surface area contributed by atoms with Gasteiger partial charge in [0.05, 0.1) is 5.92 Å². The molecule has 7 rings (SSSR count). The second kappa shape index (κ2) is 9.85. The Morgan fingerprint density at radius 2 is 0.744 bits per heavy atom. The minimum absolute atomic E-state index is 0.00812. The molecule has 1 saturated carbocycles. The largest absolute Gasteiger partial charge is 0.294 e. The molecule has 1 heteroatoms. The van der Waals surface area contributed by atoms with Crippen LogP contribution in [0.2, 0.25) is 0 Å². The highest BCUT2D eigenvalue weighted by atomic mass is 16.1. The van der Waals surface area contributed by atoms with Gasteiger partial charge in [0, 0.05) is 17.4 Å². The van der Waals surface area contributed by atoms with Crippen LogP contribution in [-0.4, -0.2) is 5.78 Å². The van der Waals surface area contributed by atoms with Crippen LogP contribution in [0.5, 0.6) is 0 Å². The van der Waals surface area contributed by atoms with E-state index < -0.39 is 0 Å². The number of allylic oxidation sites excluding steroid dienone is 4. The van der Waals surface area contributed by atoms with Gasteiger partial charge in [-0.25, -0.2) is 0 Å². The fraction of sp³-hybridized carbons (Fsp3) is 0.0789. The molecule has 186 valence electrons. The van der Waals surface area contributed by atoms with E-state index in [0.717, 1.165) is 27.8 Å². The summed E-state index contributed by atoms with van der Waals surface area (Å²) in [4.78, 5) is 14.8. The third-order valence-electron chi connectivity index (χ3n) is 8.23. The van der Waals surface area contributed by atoms with Crippen molar-refractivity contribution >= 4 is 22.5 Å². The molecule has 5 aromatic rings. The standard InChI is InChI=1S/C38H28O/c39-38-35(30-24-14-5-15-25-30)34(29-22-12-4-13-23-29)36-32(27-18-8-2-9-19-27)31(26-16-6-1-7-17-26)33(37(36)38)28-20-10-3-11-21-28/h1-25,34-36H. The third kappa shape index (κ3) is 3.90. The van der Waals surface area contributed by atoms with Crippen molar-refractivity contribution in [2.45, 2.75) is 11.8 Å². The quantitative estimate of drug-likeness (QED) is 0.236. The topological polar surface area (TPSA) is 17.1 Å². The van der Waals surface area contributed by atoms with Gasteiger partial charge in [0.15, 0.2) is 5.78 Å². The molecular formula is C38H28O. The van der Waals surface area contributed by atoms with E-state index in [-0.39, 0.29) is 23.5 Å². The van der Waals surface area contributed by atoms with Gasteiger partial charge in [-0.1, -0.05) is 152 Å². The van der Waals surface area contributed by atoms with Crippen LogP contribution in [0.4, 0.5) is 0 Å². The Bertz CT molecular complexity index is 1680. The lowest BCUT2D eigenvalue weighted by Crippen LogP contribution is -2.16. The van der Waals surface area contributed by atoms with E-state index in [1.165, 1.54) is 22.3 Å². The maximum atomic E-state index is 14.8. The Morgan fingerprint density at radius 3 is 1.23 bits per heavy atom. The SMILES string of the molecule is O=C1C2=C(c3ccccc3)C(c3ccccc3)=C(c3ccccc3)C2C(c2ccccc2)C1c1ccccc1. The summed E-state index contributed by atoms with van der Waals surface area (Å²) in [6.07, 6.45) is 0. The fourth-order valence-electron chi connectivity index (χ4n) is 6.71. The molecule has 0 bridgehead atoms. The van der Waals surface area contributed by atoms with Crippen molar-refractivity contribution in [2.75, 3.05) is 0 Å². The van der Waals surface area contributed by atoms with Crippen molar-refractivity contribution in [2.24, 2.45) is 5.92 Å². The van der Waals surface area contributed by atoms with Gasteiger partial charge in [-0.15, -0.1) is 0 Å². The highest BCUT2D eigenvalue weighted by Crippen LogP contribution is 2.63. The number of carbonyl (C=O) groups is 1. The zero-order chi connectivity index (χ0) is 26.2. The lowest BCUT2D eigenvalue weighted by Gasteiger charge is -2.27. The number of fused-ring (bicyclic) bond motifs is 1. The summed E-state index contributed by atoms with van der Waals surface area (Å²) in [6, 6.07) is 52.8. The first-order valence-electron chi connectivity index (χ1n) is 13.6. The first-order chi connectivity index (χ1) is 19.3. The van der Waals surface area contributed by atoms with Gasteiger partial charge in [0.2, 0.25) is 0 Å². The highest BCUT2D eigenvalue weighted by molar-refractivity contribution is 6.29. The molecule has 2 aliphatic carbocycles. The molecule has 0 radical (unpaired) electrons. The van der Waals surface area contributed by atoms with E-state index in [4.69, 9.17) is 0 Å². The summed E-state index contributed by atoms with van der Waals surface area (Å²) in [7, 11) is 0. The molecule has 2 aliphatic rings. The van der Waals surface area contributed by atoms with Gasteiger partial charge in [-0.3, -0.25) is 4.79 Å². The maximum Gasteiger partial charge on any atom is 0.168 e. The summed E-state index contributed by atoms with van der Waals surface area (Å²) < 4.78 is 0. The van der Waals surface area contributed by atoms with Crippen LogP contribution in [0.25, 0.3) is 16.7 Å². The van der Waals surface area contributed by atoms with Crippen LogP contribution in [0.3, 0.4) is 0 Å². The van der Waals surface area contributed by atoms with Gasteiger partial charge in [-0.2, -0.15) is 0 Å². The van der Waals surface area contributed by atoms with Crippen LogP contribution in [-0.2, 0) is 4.79 Å². The molecule has 0 spiro atoms. The molecule has 0 aromatic heterocycles. The van der Waals surface area contributed by atoms with E-state index in [0.29, 0.717) is 0 Å². The van der Waals surface area contributed by atoms with Crippen molar-refractivity contribution < 1.29 is 4.79 Å². The maximum absolute atomic E-state index is 14.8. The molecule has 0 saturated heterocycles. The number of benzene rings is 5. The smallest absolute Gasteiger partial charge is 0.168 e. The van der Waals surface area contributed by atoms with Gasteiger partial charge < -0.3 is 0 Å². The van der Waals surface area contributed by atoms with Gasteiger partial charge in [0.25, 0.3) is 0 Å². The van der Waals surface area contributed by atoms with E-state index in [1.54, 1.807) is 0 Å². The molecule has 1 nitrogen and oxygen atoms in total. The first-order valence-corrected chi connectivity index (χ1v) is 13.6. The number of ketones is 1. The molecule has 0 aliphatic heterocycles. The minimum Gasteiger partial charge on any atom is -0.294 e. The summed E-state index contributed by atoms with van der Waals surface area (Å²) in [6.45, 7) is 0.